The van der Waals surface area contributed by atoms with Crippen molar-refractivity contribution in [2.45, 2.75) is 6.92 Å². The monoisotopic (exact) mass is 292 g/mol. The molecular weight excluding hydrogens is 283 g/mol. The highest BCUT2D eigenvalue weighted by Gasteiger charge is 2.18. The third kappa shape index (κ3) is 2.86. The van der Waals surface area contributed by atoms with Crippen molar-refractivity contribution in [3.05, 3.63) is 68.7 Å². The first-order chi connectivity index (χ1) is 9.02. The van der Waals surface area contributed by atoms with Gasteiger partial charge in [-0.15, -0.1) is 0 Å². The third-order valence-electron chi connectivity index (χ3n) is 2.75. The number of hydrogen-bond donors (Lipinski definition) is 0. The lowest BCUT2D eigenvalue weighted by atomic mass is 9.98. The van der Waals surface area contributed by atoms with Gasteiger partial charge in [-0.2, -0.15) is 0 Å². The van der Waals surface area contributed by atoms with E-state index in [0.29, 0.717) is 16.9 Å². The van der Waals surface area contributed by atoms with E-state index in [1.807, 2.05) is 19.1 Å². The van der Waals surface area contributed by atoms with Crippen molar-refractivity contribution in [2.75, 3.05) is 0 Å². The minimum absolute atomic E-state index is 0.181. The molecule has 0 N–H and O–H groups in total. The summed E-state index contributed by atoms with van der Waals surface area (Å²) in [5, 5.41) is 0.507. The number of ketones is 1. The summed E-state index contributed by atoms with van der Waals surface area (Å²) >= 11 is 11.8. The molecule has 2 aromatic carbocycles. The zero-order chi connectivity index (χ0) is 14.0. The second-order valence-corrected chi connectivity index (χ2v) is 5.01. The molecule has 0 bridgehead atoms. The third-order valence-corrected chi connectivity index (χ3v) is 3.27. The average Bonchev–Trinajstić information content (AvgIpc) is 2.38. The highest BCUT2D eigenvalue weighted by Crippen LogP contribution is 2.27. The van der Waals surface area contributed by atoms with Crippen LogP contribution >= 0.6 is 23.2 Å². The molecule has 0 atom stereocenters. The van der Waals surface area contributed by atoms with Gasteiger partial charge in [0.2, 0.25) is 0 Å². The Kier molecular flexibility index (Phi) is 4.03. The Labute approximate surface area is 121 Å². The van der Waals surface area contributed by atoms with Gasteiger partial charge in [0.15, 0.2) is 12.1 Å². The molecule has 0 saturated carbocycles. The summed E-state index contributed by atoms with van der Waals surface area (Å²) < 4.78 is 0. The zero-order valence-electron chi connectivity index (χ0n) is 10.1. The first-order valence-corrected chi connectivity index (χ1v) is 6.34. The molecule has 0 heterocycles. The molecule has 0 spiro atoms. The van der Waals surface area contributed by atoms with E-state index >= 15 is 0 Å². The van der Waals surface area contributed by atoms with E-state index in [-0.39, 0.29) is 21.9 Å². The summed E-state index contributed by atoms with van der Waals surface area (Å²) in [6.07, 6.45) is 0.583. The van der Waals surface area contributed by atoms with Gasteiger partial charge < -0.3 is 0 Å². The van der Waals surface area contributed by atoms with Gasteiger partial charge in [-0.3, -0.25) is 9.59 Å². The molecule has 0 aromatic heterocycles. The summed E-state index contributed by atoms with van der Waals surface area (Å²) in [5.41, 5.74) is 1.92. The highest BCUT2D eigenvalue weighted by atomic mass is 35.5. The van der Waals surface area contributed by atoms with Crippen molar-refractivity contribution in [2.24, 2.45) is 0 Å². The van der Waals surface area contributed by atoms with Crippen molar-refractivity contribution in [3.63, 3.8) is 0 Å². The van der Waals surface area contributed by atoms with Gasteiger partial charge in [0, 0.05) is 16.1 Å². The van der Waals surface area contributed by atoms with Crippen molar-refractivity contribution in [1.82, 2.24) is 0 Å². The van der Waals surface area contributed by atoms with Crippen LogP contribution < -0.4 is 0 Å². The Morgan fingerprint density at radius 1 is 1.11 bits per heavy atom. The number of aryl methyl sites for hydroxylation is 1. The maximum absolute atomic E-state index is 12.4. The Morgan fingerprint density at radius 3 is 2.32 bits per heavy atom. The molecule has 0 saturated heterocycles. The van der Waals surface area contributed by atoms with Crippen LogP contribution in [0.1, 0.15) is 31.8 Å². The van der Waals surface area contributed by atoms with Crippen LogP contribution in [-0.4, -0.2) is 12.1 Å². The number of aldehydes is 1. The number of benzene rings is 2. The lowest BCUT2D eigenvalue weighted by Gasteiger charge is -2.07. The molecule has 0 amide bonds. The zero-order valence-corrected chi connectivity index (χ0v) is 11.6. The van der Waals surface area contributed by atoms with Crippen LogP contribution in [0.3, 0.4) is 0 Å². The summed E-state index contributed by atoms with van der Waals surface area (Å²) in [4.78, 5) is 23.4. The average molecular weight is 293 g/mol. The summed E-state index contributed by atoms with van der Waals surface area (Å²) in [5.74, 6) is -0.288. The number of rotatable bonds is 3. The predicted octanol–water partition coefficient (Wildman–Crippen LogP) is 4.35. The second kappa shape index (κ2) is 5.55. The highest BCUT2D eigenvalue weighted by molar-refractivity contribution is 6.38. The number of halogens is 2. The first-order valence-electron chi connectivity index (χ1n) is 5.58. The first kappa shape index (κ1) is 13.8. The SMILES string of the molecule is Cc1ccc(C(=O)c2c(Cl)cc(Cl)cc2C=O)cc1. The van der Waals surface area contributed by atoms with Crippen molar-refractivity contribution in [3.8, 4) is 0 Å². The van der Waals surface area contributed by atoms with Gasteiger partial charge in [0.1, 0.15) is 0 Å². The number of hydrogen-bond acceptors (Lipinski definition) is 2. The van der Waals surface area contributed by atoms with E-state index in [9.17, 15) is 9.59 Å². The van der Waals surface area contributed by atoms with Gasteiger partial charge in [0.05, 0.1) is 10.6 Å². The summed E-state index contributed by atoms with van der Waals surface area (Å²) in [7, 11) is 0. The fourth-order valence-electron chi connectivity index (χ4n) is 1.78. The Morgan fingerprint density at radius 2 is 1.74 bits per heavy atom. The summed E-state index contributed by atoms with van der Waals surface area (Å²) in [6, 6.07) is 9.96. The fraction of sp³-hybridized carbons (Fsp3) is 0.0667. The molecule has 19 heavy (non-hydrogen) atoms. The summed E-state index contributed by atoms with van der Waals surface area (Å²) in [6.45, 7) is 1.93. The lowest BCUT2D eigenvalue weighted by Crippen LogP contribution is -2.06. The molecule has 2 rings (SSSR count). The van der Waals surface area contributed by atoms with Crippen LogP contribution in [-0.2, 0) is 0 Å². The number of carbonyl (C=O) groups is 2. The lowest BCUT2D eigenvalue weighted by molar-refractivity contribution is 0.102. The molecule has 0 fully saturated rings. The van der Waals surface area contributed by atoms with E-state index in [1.54, 1.807) is 12.1 Å². The van der Waals surface area contributed by atoms with Crippen molar-refractivity contribution in [1.29, 1.82) is 0 Å². The van der Waals surface area contributed by atoms with Crippen LogP contribution in [0.5, 0.6) is 0 Å². The maximum atomic E-state index is 12.4. The van der Waals surface area contributed by atoms with Gasteiger partial charge in [0.25, 0.3) is 0 Å². The van der Waals surface area contributed by atoms with Crippen molar-refractivity contribution < 1.29 is 9.59 Å². The predicted molar refractivity (Wildman–Crippen MR) is 76.5 cm³/mol. The topological polar surface area (TPSA) is 34.1 Å². The van der Waals surface area contributed by atoms with E-state index in [0.717, 1.165) is 5.56 Å². The minimum Gasteiger partial charge on any atom is -0.298 e. The molecular formula is C15H10Cl2O2. The van der Waals surface area contributed by atoms with Crippen LogP contribution in [0.2, 0.25) is 10.0 Å². The molecule has 0 aliphatic rings. The Hall–Kier alpha value is -1.64. The Balaban J connectivity index is 2.55. The number of carbonyl (C=O) groups excluding carboxylic acids is 2. The van der Waals surface area contributed by atoms with Gasteiger partial charge in [-0.1, -0.05) is 53.0 Å². The molecule has 0 aliphatic carbocycles. The van der Waals surface area contributed by atoms with Crippen molar-refractivity contribution >= 4 is 35.3 Å². The van der Waals surface area contributed by atoms with Crippen LogP contribution in [0.4, 0.5) is 0 Å². The molecule has 2 nitrogen and oxygen atoms in total. The molecule has 2 aromatic rings. The molecule has 0 radical (unpaired) electrons. The largest absolute Gasteiger partial charge is 0.298 e. The van der Waals surface area contributed by atoms with Crippen LogP contribution in [0, 0.1) is 6.92 Å². The van der Waals surface area contributed by atoms with Crippen LogP contribution in [0.25, 0.3) is 0 Å². The van der Waals surface area contributed by atoms with Crippen LogP contribution in [0.15, 0.2) is 36.4 Å². The normalized spacial score (nSPS) is 10.3. The maximum Gasteiger partial charge on any atom is 0.195 e. The molecule has 0 unspecified atom stereocenters. The van der Waals surface area contributed by atoms with E-state index < -0.39 is 0 Å². The molecule has 96 valence electrons. The smallest absolute Gasteiger partial charge is 0.195 e. The quantitative estimate of drug-likeness (QED) is 0.623. The standard InChI is InChI=1S/C15H10Cl2O2/c1-9-2-4-10(5-3-9)15(19)14-11(8-18)6-12(16)7-13(14)17/h2-8H,1H3. The molecule has 0 aliphatic heterocycles. The van der Waals surface area contributed by atoms with Gasteiger partial charge >= 0.3 is 0 Å². The molecule has 4 heteroatoms. The van der Waals surface area contributed by atoms with Gasteiger partial charge in [-0.05, 0) is 19.1 Å². The fourth-order valence-corrected chi connectivity index (χ4v) is 2.37. The van der Waals surface area contributed by atoms with E-state index in [2.05, 4.69) is 0 Å². The van der Waals surface area contributed by atoms with Gasteiger partial charge in [-0.25, -0.2) is 0 Å². The Bertz CT molecular complexity index is 646. The minimum atomic E-state index is -0.288. The second-order valence-electron chi connectivity index (χ2n) is 4.16. The van der Waals surface area contributed by atoms with E-state index in [4.69, 9.17) is 23.2 Å². The van der Waals surface area contributed by atoms with E-state index in [1.165, 1.54) is 12.1 Å².